The Labute approximate surface area is 131 Å². The molecule has 0 bridgehead atoms. The van der Waals surface area contributed by atoms with Crippen molar-refractivity contribution in [1.82, 2.24) is 20.0 Å². The average molecular weight is 315 g/mol. The molecule has 3 aromatic rings. The fourth-order valence-corrected chi connectivity index (χ4v) is 2.11. The Bertz CT molecular complexity index is 838. The maximum absolute atomic E-state index is 12.9. The van der Waals surface area contributed by atoms with Crippen LogP contribution in [0, 0.1) is 12.7 Å². The van der Waals surface area contributed by atoms with E-state index in [4.69, 9.17) is 4.42 Å². The van der Waals surface area contributed by atoms with Crippen LogP contribution in [0.15, 0.2) is 34.7 Å². The molecule has 118 valence electrons. The highest BCUT2D eigenvalue weighted by Gasteiger charge is 2.16. The van der Waals surface area contributed by atoms with E-state index in [0.717, 1.165) is 5.69 Å². The summed E-state index contributed by atoms with van der Waals surface area (Å²) in [5.41, 5.74) is 1.72. The van der Waals surface area contributed by atoms with Crippen molar-refractivity contribution in [2.24, 2.45) is 0 Å². The normalized spacial score (nSPS) is 10.7. The highest BCUT2D eigenvalue weighted by molar-refractivity contribution is 6.01. The van der Waals surface area contributed by atoms with Gasteiger partial charge in [0.15, 0.2) is 0 Å². The largest absolute Gasteiger partial charge is 0.403 e. The van der Waals surface area contributed by atoms with E-state index < -0.39 is 0 Å². The Hall–Kier alpha value is -3.03. The number of aromatic nitrogens is 4. The lowest BCUT2D eigenvalue weighted by Crippen LogP contribution is -2.17. The Balaban J connectivity index is 1.78. The van der Waals surface area contributed by atoms with Gasteiger partial charge in [0.1, 0.15) is 11.5 Å². The summed E-state index contributed by atoms with van der Waals surface area (Å²) >= 11 is 0. The number of halogens is 1. The molecule has 0 saturated carbocycles. The number of hydrogen-bond acceptors (Lipinski definition) is 5. The van der Waals surface area contributed by atoms with E-state index in [2.05, 4.69) is 20.6 Å². The van der Waals surface area contributed by atoms with Crippen LogP contribution < -0.4 is 5.32 Å². The zero-order valence-electron chi connectivity index (χ0n) is 12.6. The number of nitrogens with zero attached hydrogens (tertiary/aromatic N) is 4. The van der Waals surface area contributed by atoms with Crippen molar-refractivity contribution in [2.45, 2.75) is 20.4 Å². The predicted molar refractivity (Wildman–Crippen MR) is 80.3 cm³/mol. The number of carbonyl (C=O) groups is 1. The zero-order valence-corrected chi connectivity index (χ0v) is 12.6. The van der Waals surface area contributed by atoms with E-state index in [1.165, 1.54) is 24.3 Å². The highest BCUT2D eigenvalue weighted by atomic mass is 19.1. The molecule has 0 aliphatic heterocycles. The fourth-order valence-electron chi connectivity index (χ4n) is 2.11. The summed E-state index contributed by atoms with van der Waals surface area (Å²) in [6.45, 7) is 4.27. The number of carbonyl (C=O) groups excluding carboxylic acids is 1. The first-order valence-electron chi connectivity index (χ1n) is 7.02. The molecule has 0 aliphatic rings. The average Bonchev–Trinajstić information content (AvgIpc) is 3.14. The first-order chi connectivity index (χ1) is 11.1. The number of aryl methyl sites for hydroxylation is 2. The number of benzene rings is 1. The lowest BCUT2D eigenvalue weighted by Gasteiger charge is -2.02. The third-order valence-corrected chi connectivity index (χ3v) is 3.17. The minimum Gasteiger partial charge on any atom is -0.403 e. The SMILES string of the molecule is CCn1nc(C)cc1C(=O)Nc1nnc(-c2ccc(F)cc2)o1. The number of nitrogens with one attached hydrogen (secondary N) is 1. The minimum absolute atomic E-state index is 0.0316. The van der Waals surface area contributed by atoms with Gasteiger partial charge in [0.2, 0.25) is 5.89 Å². The molecule has 1 N–H and O–H groups in total. The van der Waals surface area contributed by atoms with Crippen LogP contribution in [0.4, 0.5) is 10.4 Å². The van der Waals surface area contributed by atoms with Gasteiger partial charge in [-0.2, -0.15) is 5.10 Å². The molecule has 2 heterocycles. The van der Waals surface area contributed by atoms with Gasteiger partial charge in [-0.15, -0.1) is 5.10 Å². The van der Waals surface area contributed by atoms with E-state index in [-0.39, 0.29) is 23.6 Å². The number of hydrogen-bond donors (Lipinski definition) is 1. The molecule has 0 unspecified atom stereocenters. The van der Waals surface area contributed by atoms with E-state index in [1.54, 1.807) is 10.7 Å². The summed E-state index contributed by atoms with van der Waals surface area (Å²) in [6.07, 6.45) is 0. The second kappa shape index (κ2) is 5.99. The van der Waals surface area contributed by atoms with Gasteiger partial charge in [-0.3, -0.25) is 14.8 Å². The van der Waals surface area contributed by atoms with Crippen molar-refractivity contribution in [3.8, 4) is 11.5 Å². The van der Waals surface area contributed by atoms with Gasteiger partial charge in [0.25, 0.3) is 5.91 Å². The van der Waals surface area contributed by atoms with Gasteiger partial charge in [-0.1, -0.05) is 5.10 Å². The Morgan fingerprint density at radius 3 is 2.74 bits per heavy atom. The van der Waals surface area contributed by atoms with Gasteiger partial charge in [-0.05, 0) is 44.2 Å². The van der Waals surface area contributed by atoms with Crippen molar-refractivity contribution in [3.63, 3.8) is 0 Å². The molecule has 8 heteroatoms. The van der Waals surface area contributed by atoms with Gasteiger partial charge < -0.3 is 4.42 Å². The first kappa shape index (κ1) is 14.9. The summed E-state index contributed by atoms with van der Waals surface area (Å²) in [5, 5.41) is 14.3. The van der Waals surface area contributed by atoms with Crippen LogP contribution in [0.2, 0.25) is 0 Å². The smallest absolute Gasteiger partial charge is 0.322 e. The van der Waals surface area contributed by atoms with Crippen molar-refractivity contribution >= 4 is 11.9 Å². The molecule has 0 spiro atoms. The summed E-state index contributed by atoms with van der Waals surface area (Å²) in [4.78, 5) is 12.2. The molecule has 7 nitrogen and oxygen atoms in total. The maximum Gasteiger partial charge on any atom is 0.322 e. The van der Waals surface area contributed by atoms with E-state index in [0.29, 0.717) is 17.8 Å². The van der Waals surface area contributed by atoms with Gasteiger partial charge in [-0.25, -0.2) is 4.39 Å². The Morgan fingerprint density at radius 2 is 2.04 bits per heavy atom. The van der Waals surface area contributed by atoms with Crippen molar-refractivity contribution < 1.29 is 13.6 Å². The van der Waals surface area contributed by atoms with Crippen LogP contribution in [-0.2, 0) is 6.54 Å². The van der Waals surface area contributed by atoms with Gasteiger partial charge in [0.05, 0.1) is 5.69 Å². The molecule has 0 atom stereocenters. The van der Waals surface area contributed by atoms with Crippen LogP contribution in [0.3, 0.4) is 0 Å². The van der Waals surface area contributed by atoms with Crippen molar-refractivity contribution in [3.05, 3.63) is 47.5 Å². The van der Waals surface area contributed by atoms with E-state index in [1.807, 2.05) is 13.8 Å². The third-order valence-electron chi connectivity index (χ3n) is 3.17. The van der Waals surface area contributed by atoms with E-state index >= 15 is 0 Å². The van der Waals surface area contributed by atoms with Crippen LogP contribution in [-0.4, -0.2) is 25.9 Å². The van der Waals surface area contributed by atoms with Crippen LogP contribution in [0.5, 0.6) is 0 Å². The van der Waals surface area contributed by atoms with Crippen LogP contribution in [0.25, 0.3) is 11.5 Å². The van der Waals surface area contributed by atoms with Crippen molar-refractivity contribution in [2.75, 3.05) is 5.32 Å². The van der Waals surface area contributed by atoms with Gasteiger partial charge >= 0.3 is 6.01 Å². The molecule has 3 rings (SSSR count). The first-order valence-corrected chi connectivity index (χ1v) is 7.02. The van der Waals surface area contributed by atoms with Crippen molar-refractivity contribution in [1.29, 1.82) is 0 Å². The highest BCUT2D eigenvalue weighted by Crippen LogP contribution is 2.20. The van der Waals surface area contributed by atoms with Crippen LogP contribution in [0.1, 0.15) is 23.1 Å². The lowest BCUT2D eigenvalue weighted by atomic mass is 10.2. The number of rotatable bonds is 4. The molecule has 1 aromatic carbocycles. The fraction of sp³-hybridized carbons (Fsp3) is 0.200. The van der Waals surface area contributed by atoms with Gasteiger partial charge in [0, 0.05) is 12.1 Å². The zero-order chi connectivity index (χ0) is 16.4. The molecule has 0 radical (unpaired) electrons. The third kappa shape index (κ3) is 3.10. The molecule has 1 amide bonds. The summed E-state index contributed by atoms with van der Waals surface area (Å²) in [5.74, 6) is -0.549. The molecule has 0 fully saturated rings. The maximum atomic E-state index is 12.9. The Kier molecular flexibility index (Phi) is 3.88. The molecule has 0 saturated heterocycles. The standard InChI is InChI=1S/C15H14FN5O2/c1-3-21-12(8-9(2)20-21)13(22)17-15-19-18-14(23-15)10-4-6-11(16)7-5-10/h4-8H,3H2,1-2H3,(H,17,19,22). The molecule has 23 heavy (non-hydrogen) atoms. The second-order valence-electron chi connectivity index (χ2n) is 4.86. The summed E-state index contributed by atoms with van der Waals surface area (Å²) in [7, 11) is 0. The topological polar surface area (TPSA) is 85.8 Å². The van der Waals surface area contributed by atoms with Crippen LogP contribution >= 0.6 is 0 Å². The second-order valence-corrected chi connectivity index (χ2v) is 4.86. The number of amides is 1. The van der Waals surface area contributed by atoms with E-state index in [9.17, 15) is 9.18 Å². The Morgan fingerprint density at radius 1 is 1.30 bits per heavy atom. The molecule has 2 aromatic heterocycles. The lowest BCUT2D eigenvalue weighted by molar-refractivity contribution is 0.101. The molecular weight excluding hydrogens is 301 g/mol. The molecule has 0 aliphatic carbocycles. The monoisotopic (exact) mass is 315 g/mol. The number of anilines is 1. The summed E-state index contributed by atoms with van der Waals surface area (Å²) < 4.78 is 19.9. The summed E-state index contributed by atoms with van der Waals surface area (Å²) in [6, 6.07) is 7.26. The molecular formula is C15H14FN5O2. The predicted octanol–water partition coefficient (Wildman–Crippen LogP) is 2.65. The quantitative estimate of drug-likeness (QED) is 0.800. The minimum atomic E-state index is -0.387.